The predicted octanol–water partition coefficient (Wildman–Crippen LogP) is 3.30. The van der Waals surface area contributed by atoms with Crippen LogP contribution in [-0.4, -0.2) is 40.5 Å². The number of aliphatic imine (C=N–C) groups is 1. The number of guanidine groups is 1. The van der Waals surface area contributed by atoms with Crippen LogP contribution in [-0.2, 0) is 6.54 Å². The molecule has 0 spiro atoms. The number of nitrogens with zero attached hydrogens (tertiary/aromatic N) is 4. The average Bonchev–Trinajstić information content (AvgIpc) is 3.10. The van der Waals surface area contributed by atoms with Crippen LogP contribution in [0.15, 0.2) is 48.0 Å². The predicted molar refractivity (Wildman–Crippen MR) is 109 cm³/mol. The summed E-state index contributed by atoms with van der Waals surface area (Å²) in [5.41, 5.74) is 2.39. The minimum atomic E-state index is 0. The van der Waals surface area contributed by atoms with Crippen LogP contribution in [0.4, 0.5) is 0 Å². The molecule has 130 valence electrons. The van der Waals surface area contributed by atoms with E-state index in [1.807, 2.05) is 24.1 Å². The van der Waals surface area contributed by atoms with Crippen LogP contribution in [0.25, 0.3) is 5.69 Å². The van der Waals surface area contributed by atoms with Crippen molar-refractivity contribution < 1.29 is 0 Å². The van der Waals surface area contributed by atoms with E-state index in [2.05, 4.69) is 51.4 Å². The molecule has 1 atom stereocenters. The van der Waals surface area contributed by atoms with E-state index >= 15 is 0 Å². The zero-order valence-corrected chi connectivity index (χ0v) is 16.7. The number of imidazole rings is 1. The Morgan fingerprint density at radius 1 is 1.38 bits per heavy atom. The highest BCUT2D eigenvalue weighted by Gasteiger charge is 2.19. The van der Waals surface area contributed by atoms with E-state index in [-0.39, 0.29) is 24.0 Å². The first-order chi connectivity index (χ1) is 11.3. The van der Waals surface area contributed by atoms with Crippen molar-refractivity contribution in [3.8, 4) is 5.69 Å². The zero-order valence-electron chi connectivity index (χ0n) is 14.4. The second-order valence-electron chi connectivity index (χ2n) is 6.19. The van der Waals surface area contributed by atoms with Crippen molar-refractivity contribution in [1.29, 1.82) is 0 Å². The number of benzene rings is 1. The van der Waals surface area contributed by atoms with Gasteiger partial charge in [0.15, 0.2) is 5.96 Å². The maximum atomic E-state index is 4.47. The molecule has 1 N–H and O–H groups in total. The monoisotopic (exact) mass is 439 g/mol. The lowest BCUT2D eigenvalue weighted by Crippen LogP contribution is -2.45. The van der Waals surface area contributed by atoms with E-state index in [1.165, 1.54) is 18.4 Å². The second kappa shape index (κ2) is 9.05. The second-order valence-corrected chi connectivity index (χ2v) is 6.19. The smallest absolute Gasteiger partial charge is 0.193 e. The summed E-state index contributed by atoms with van der Waals surface area (Å²) < 4.78 is 2.04. The molecule has 24 heavy (non-hydrogen) atoms. The highest BCUT2D eigenvalue weighted by molar-refractivity contribution is 14.0. The maximum absolute atomic E-state index is 4.47. The fraction of sp³-hybridized carbons (Fsp3) is 0.444. The van der Waals surface area contributed by atoms with Gasteiger partial charge in [-0.3, -0.25) is 4.99 Å². The highest BCUT2D eigenvalue weighted by Crippen LogP contribution is 2.17. The Labute approximate surface area is 161 Å². The summed E-state index contributed by atoms with van der Waals surface area (Å²) in [7, 11) is 1.86. The van der Waals surface area contributed by atoms with Crippen molar-refractivity contribution in [3.63, 3.8) is 0 Å². The summed E-state index contributed by atoms with van der Waals surface area (Å²) in [6, 6.07) is 8.39. The lowest BCUT2D eigenvalue weighted by Gasteiger charge is -2.33. The van der Waals surface area contributed by atoms with Crippen molar-refractivity contribution in [1.82, 2.24) is 19.8 Å². The average molecular weight is 439 g/mol. The van der Waals surface area contributed by atoms with Crippen LogP contribution in [0.2, 0.25) is 0 Å². The van der Waals surface area contributed by atoms with Gasteiger partial charge in [-0.2, -0.15) is 0 Å². The molecule has 1 saturated heterocycles. The Morgan fingerprint density at radius 3 is 2.92 bits per heavy atom. The van der Waals surface area contributed by atoms with Crippen molar-refractivity contribution in [2.45, 2.75) is 26.3 Å². The number of likely N-dealkylation sites (tertiary alicyclic amines) is 1. The van der Waals surface area contributed by atoms with E-state index in [9.17, 15) is 0 Å². The number of nitrogens with one attached hydrogen (secondary N) is 1. The molecule has 5 nitrogen and oxygen atoms in total. The molecule has 1 aliphatic heterocycles. The quantitative estimate of drug-likeness (QED) is 0.454. The lowest BCUT2D eigenvalue weighted by atomic mass is 10.0. The maximum Gasteiger partial charge on any atom is 0.193 e. The molecular weight excluding hydrogens is 413 g/mol. The fourth-order valence-corrected chi connectivity index (χ4v) is 3.20. The standard InChI is InChI=1S/C18H25N5.HI/c1-15-6-5-10-22(13-15)18(19-2)21-12-16-7-3-4-8-17(16)23-11-9-20-14-23;/h3-4,7-9,11,14-15H,5-6,10,12-13H2,1-2H3,(H,19,21);1H. The number of rotatable bonds is 3. The Bertz CT molecular complexity index is 653. The van der Waals surface area contributed by atoms with Gasteiger partial charge in [-0.1, -0.05) is 25.1 Å². The third-order valence-corrected chi connectivity index (χ3v) is 4.38. The summed E-state index contributed by atoms with van der Waals surface area (Å²) in [5.74, 6) is 1.73. The van der Waals surface area contributed by atoms with Crippen LogP contribution in [0.5, 0.6) is 0 Å². The largest absolute Gasteiger partial charge is 0.352 e. The zero-order chi connectivity index (χ0) is 16.1. The molecule has 0 saturated carbocycles. The molecule has 0 aliphatic carbocycles. The Balaban J connectivity index is 0.00000208. The molecule has 2 aromatic rings. The Kier molecular flexibility index (Phi) is 7.08. The molecule has 1 aromatic carbocycles. The molecule has 0 bridgehead atoms. The van der Waals surface area contributed by atoms with Gasteiger partial charge in [0.05, 0.1) is 12.0 Å². The summed E-state index contributed by atoms with van der Waals surface area (Å²) in [6.07, 6.45) is 8.17. The highest BCUT2D eigenvalue weighted by atomic mass is 127. The number of halogens is 1. The van der Waals surface area contributed by atoms with Gasteiger partial charge >= 0.3 is 0 Å². The molecule has 3 rings (SSSR count). The van der Waals surface area contributed by atoms with E-state index < -0.39 is 0 Å². The summed E-state index contributed by atoms with van der Waals surface area (Å²) in [5, 5.41) is 3.52. The summed E-state index contributed by atoms with van der Waals surface area (Å²) >= 11 is 0. The molecular formula is C18H26IN5. The summed E-state index contributed by atoms with van der Waals surface area (Å²) in [6.45, 7) is 5.25. The summed E-state index contributed by atoms with van der Waals surface area (Å²) in [4.78, 5) is 11.0. The molecule has 1 unspecified atom stereocenters. The number of para-hydroxylation sites is 1. The molecule has 2 heterocycles. The van der Waals surface area contributed by atoms with E-state index in [0.717, 1.165) is 37.2 Å². The van der Waals surface area contributed by atoms with Gasteiger partial charge in [0.1, 0.15) is 0 Å². The number of hydrogen-bond donors (Lipinski definition) is 1. The van der Waals surface area contributed by atoms with E-state index in [4.69, 9.17) is 0 Å². The first-order valence-electron chi connectivity index (χ1n) is 8.29. The van der Waals surface area contributed by atoms with Gasteiger partial charge in [0, 0.05) is 39.1 Å². The Morgan fingerprint density at radius 2 is 2.21 bits per heavy atom. The molecule has 1 fully saturated rings. The molecule has 0 radical (unpaired) electrons. The van der Waals surface area contributed by atoms with Crippen molar-refractivity contribution in [3.05, 3.63) is 48.5 Å². The van der Waals surface area contributed by atoms with Gasteiger partial charge in [-0.15, -0.1) is 24.0 Å². The minimum Gasteiger partial charge on any atom is -0.352 e. The normalized spacial score (nSPS) is 18.2. The third kappa shape index (κ3) is 4.49. The topological polar surface area (TPSA) is 45.5 Å². The van der Waals surface area contributed by atoms with Crippen molar-refractivity contribution in [2.24, 2.45) is 10.9 Å². The third-order valence-electron chi connectivity index (χ3n) is 4.38. The Hall–Kier alpha value is -1.57. The van der Waals surface area contributed by atoms with Crippen molar-refractivity contribution >= 4 is 29.9 Å². The number of hydrogen-bond acceptors (Lipinski definition) is 2. The van der Waals surface area contributed by atoms with Crippen LogP contribution in [0.1, 0.15) is 25.3 Å². The van der Waals surface area contributed by atoms with Gasteiger partial charge < -0.3 is 14.8 Å². The SMILES string of the molecule is CN=C(NCc1ccccc1-n1ccnc1)N1CCCC(C)C1.I. The van der Waals surface area contributed by atoms with Crippen LogP contribution >= 0.6 is 24.0 Å². The van der Waals surface area contributed by atoms with Crippen molar-refractivity contribution in [2.75, 3.05) is 20.1 Å². The van der Waals surface area contributed by atoms with Gasteiger partial charge in [0.2, 0.25) is 0 Å². The van der Waals surface area contributed by atoms with E-state index in [0.29, 0.717) is 0 Å². The minimum absolute atomic E-state index is 0. The van der Waals surface area contributed by atoms with E-state index in [1.54, 1.807) is 6.20 Å². The fourth-order valence-electron chi connectivity index (χ4n) is 3.20. The molecule has 1 aliphatic rings. The number of aromatic nitrogens is 2. The van der Waals surface area contributed by atoms with Gasteiger partial charge in [-0.05, 0) is 30.4 Å². The molecule has 6 heteroatoms. The lowest BCUT2D eigenvalue weighted by molar-refractivity contribution is 0.266. The van der Waals surface area contributed by atoms with Gasteiger partial charge in [0.25, 0.3) is 0 Å². The van der Waals surface area contributed by atoms with Gasteiger partial charge in [-0.25, -0.2) is 4.98 Å². The first kappa shape index (κ1) is 18.8. The first-order valence-corrected chi connectivity index (χ1v) is 8.29. The van der Waals surface area contributed by atoms with Crippen LogP contribution in [0.3, 0.4) is 0 Å². The van der Waals surface area contributed by atoms with Crippen LogP contribution < -0.4 is 5.32 Å². The van der Waals surface area contributed by atoms with Crippen LogP contribution in [0, 0.1) is 5.92 Å². The molecule has 0 amide bonds. The number of piperidine rings is 1. The molecule has 1 aromatic heterocycles.